The van der Waals surface area contributed by atoms with Crippen LogP contribution in [0.4, 0.5) is 0 Å². The van der Waals surface area contributed by atoms with Gasteiger partial charge in [0, 0.05) is 35.5 Å². The van der Waals surface area contributed by atoms with Gasteiger partial charge in [-0.25, -0.2) is 18.1 Å². The highest BCUT2D eigenvalue weighted by Gasteiger charge is 2.20. The molecule has 0 aliphatic heterocycles. The molecule has 6 nitrogen and oxygen atoms in total. The lowest BCUT2D eigenvalue weighted by molar-refractivity contribution is 0.203. The minimum Gasteiger partial charge on any atom is -0.388 e. The van der Waals surface area contributed by atoms with Crippen LogP contribution in [-0.2, 0) is 23.5 Å². The van der Waals surface area contributed by atoms with Crippen LogP contribution >= 0.6 is 11.3 Å². The number of sulfonamides is 1. The van der Waals surface area contributed by atoms with Crippen molar-refractivity contribution in [2.75, 3.05) is 6.54 Å². The first-order valence-corrected chi connectivity index (χ1v) is 9.80. The smallest absolute Gasteiger partial charge is 0.259 e. The molecule has 0 saturated carbocycles. The van der Waals surface area contributed by atoms with Gasteiger partial charge in [-0.3, -0.25) is 0 Å². The molecule has 0 aliphatic carbocycles. The monoisotopic (exact) mass is 357 g/mol. The summed E-state index contributed by atoms with van der Waals surface area (Å²) in [6.07, 6.45) is 1.63. The Kier molecular flexibility index (Phi) is 5.61. The van der Waals surface area contributed by atoms with Crippen molar-refractivity contribution in [3.05, 3.63) is 33.9 Å². The first-order chi connectivity index (χ1) is 10.7. The lowest BCUT2D eigenvalue weighted by atomic mass is 10.2. The van der Waals surface area contributed by atoms with Crippen LogP contribution in [0, 0.1) is 0 Å². The van der Waals surface area contributed by atoms with E-state index in [-0.39, 0.29) is 10.9 Å². The van der Waals surface area contributed by atoms with Crippen molar-refractivity contribution in [3.63, 3.8) is 0 Å². The van der Waals surface area contributed by atoms with Crippen LogP contribution in [0.2, 0.25) is 0 Å². The van der Waals surface area contributed by atoms with Crippen molar-refractivity contribution in [1.29, 1.82) is 0 Å². The number of aromatic nitrogens is 2. The molecule has 0 radical (unpaired) electrons. The normalized spacial score (nSPS) is 13.7. The molecule has 2 aromatic rings. The van der Waals surface area contributed by atoms with Crippen LogP contribution in [0.15, 0.2) is 23.4 Å². The Morgan fingerprint density at radius 3 is 2.57 bits per heavy atom. The van der Waals surface area contributed by atoms with Crippen molar-refractivity contribution >= 4 is 21.4 Å². The fraction of sp³-hybridized carbons (Fsp3) is 0.533. The van der Waals surface area contributed by atoms with E-state index >= 15 is 0 Å². The largest absolute Gasteiger partial charge is 0.388 e. The summed E-state index contributed by atoms with van der Waals surface area (Å²) >= 11 is 1.49. The summed E-state index contributed by atoms with van der Waals surface area (Å²) in [5.74, 6) is 0.902. The number of rotatable bonds is 7. The third-order valence-corrected chi connectivity index (χ3v) is 6.09. The zero-order valence-electron chi connectivity index (χ0n) is 13.8. The maximum absolute atomic E-state index is 12.3. The Bertz CT molecular complexity index is 761. The first kappa shape index (κ1) is 18.1. The standard InChI is InChI=1S/C15H23N3O3S2/c1-10(2)15-17-14(9-18(15)4)23(20,21)16-8-7-12-5-6-13(22-12)11(3)19/h5-6,9-11,16,19H,7-8H2,1-4H3. The molecule has 128 valence electrons. The van der Waals surface area contributed by atoms with Gasteiger partial charge in [-0.1, -0.05) is 13.8 Å². The number of aliphatic hydroxyl groups excluding tert-OH is 1. The summed E-state index contributed by atoms with van der Waals surface area (Å²) in [4.78, 5) is 6.13. The van der Waals surface area contributed by atoms with Gasteiger partial charge in [0.05, 0.1) is 6.10 Å². The number of nitrogens with one attached hydrogen (secondary N) is 1. The predicted octanol–water partition coefficient (Wildman–Crippen LogP) is 2.18. The van der Waals surface area contributed by atoms with Gasteiger partial charge in [0.25, 0.3) is 10.0 Å². The van der Waals surface area contributed by atoms with Gasteiger partial charge in [0.15, 0.2) is 5.03 Å². The number of aliphatic hydroxyl groups is 1. The van der Waals surface area contributed by atoms with Crippen molar-refractivity contribution in [2.45, 2.75) is 44.2 Å². The molecule has 2 heterocycles. The van der Waals surface area contributed by atoms with Gasteiger partial charge < -0.3 is 9.67 Å². The summed E-state index contributed by atoms with van der Waals surface area (Å²) in [5, 5.41) is 9.56. The van der Waals surface area contributed by atoms with Crippen LogP contribution in [0.5, 0.6) is 0 Å². The highest BCUT2D eigenvalue weighted by Crippen LogP contribution is 2.23. The third kappa shape index (κ3) is 4.41. The SMILES string of the molecule is CC(C)c1nc(S(=O)(=O)NCCc2ccc(C(C)O)s2)cn1C. The quantitative estimate of drug-likeness (QED) is 0.795. The zero-order chi connectivity index (χ0) is 17.2. The minimum absolute atomic E-state index is 0.0551. The first-order valence-electron chi connectivity index (χ1n) is 7.50. The molecule has 0 amide bonds. The molecule has 2 aromatic heterocycles. The van der Waals surface area contributed by atoms with Crippen LogP contribution in [0.1, 0.15) is 48.4 Å². The highest BCUT2D eigenvalue weighted by molar-refractivity contribution is 7.89. The number of hydrogen-bond donors (Lipinski definition) is 2. The highest BCUT2D eigenvalue weighted by atomic mass is 32.2. The molecule has 0 spiro atoms. The van der Waals surface area contributed by atoms with E-state index in [4.69, 9.17) is 0 Å². The molecule has 2 rings (SSSR count). The Morgan fingerprint density at radius 1 is 1.35 bits per heavy atom. The van der Waals surface area contributed by atoms with E-state index in [1.165, 1.54) is 17.5 Å². The molecule has 0 aliphatic rings. The molecule has 0 fully saturated rings. The maximum Gasteiger partial charge on any atom is 0.259 e. The number of hydrogen-bond acceptors (Lipinski definition) is 5. The van der Waals surface area contributed by atoms with Gasteiger partial charge in [0.2, 0.25) is 0 Å². The summed E-state index contributed by atoms with van der Waals surface area (Å²) in [6.45, 7) is 5.97. The van der Waals surface area contributed by atoms with E-state index in [0.29, 0.717) is 13.0 Å². The molecule has 0 saturated heterocycles. The van der Waals surface area contributed by atoms with E-state index in [2.05, 4.69) is 9.71 Å². The molecule has 2 N–H and O–H groups in total. The van der Waals surface area contributed by atoms with E-state index in [1.54, 1.807) is 18.5 Å². The fourth-order valence-electron chi connectivity index (χ4n) is 2.25. The van der Waals surface area contributed by atoms with E-state index < -0.39 is 16.1 Å². The topological polar surface area (TPSA) is 84.2 Å². The van der Waals surface area contributed by atoms with Crippen LogP contribution in [0.25, 0.3) is 0 Å². The Hall–Kier alpha value is -1.22. The molecular formula is C15H23N3O3S2. The van der Waals surface area contributed by atoms with E-state index in [1.807, 2.05) is 26.0 Å². The van der Waals surface area contributed by atoms with E-state index in [0.717, 1.165) is 15.6 Å². The second kappa shape index (κ2) is 7.12. The third-order valence-electron chi connectivity index (χ3n) is 3.44. The zero-order valence-corrected chi connectivity index (χ0v) is 15.4. The van der Waals surface area contributed by atoms with Gasteiger partial charge >= 0.3 is 0 Å². The predicted molar refractivity (Wildman–Crippen MR) is 91.1 cm³/mol. The van der Waals surface area contributed by atoms with Crippen molar-refractivity contribution < 1.29 is 13.5 Å². The molecule has 0 aromatic carbocycles. The average molecular weight is 358 g/mol. The fourth-order valence-corrected chi connectivity index (χ4v) is 4.23. The van der Waals surface area contributed by atoms with Crippen molar-refractivity contribution in [3.8, 4) is 0 Å². The second-order valence-electron chi connectivity index (χ2n) is 5.83. The van der Waals surface area contributed by atoms with E-state index in [9.17, 15) is 13.5 Å². The summed E-state index contributed by atoms with van der Waals surface area (Å²) in [5.41, 5.74) is 0. The molecule has 1 atom stereocenters. The molecular weight excluding hydrogens is 334 g/mol. The van der Waals surface area contributed by atoms with Crippen molar-refractivity contribution in [2.24, 2.45) is 7.05 Å². The van der Waals surface area contributed by atoms with Crippen LogP contribution in [0.3, 0.4) is 0 Å². The molecule has 1 unspecified atom stereocenters. The summed E-state index contributed by atoms with van der Waals surface area (Å²) < 4.78 is 28.9. The molecule has 0 bridgehead atoms. The number of imidazole rings is 1. The molecule has 23 heavy (non-hydrogen) atoms. The van der Waals surface area contributed by atoms with Gasteiger partial charge in [-0.05, 0) is 25.5 Å². The van der Waals surface area contributed by atoms with Gasteiger partial charge in [-0.2, -0.15) is 0 Å². The average Bonchev–Trinajstić information content (AvgIpc) is 3.05. The Morgan fingerprint density at radius 2 is 2.04 bits per heavy atom. The lowest BCUT2D eigenvalue weighted by Gasteiger charge is -2.03. The second-order valence-corrected chi connectivity index (χ2v) is 8.74. The number of aryl methyl sites for hydroxylation is 1. The van der Waals surface area contributed by atoms with Crippen LogP contribution < -0.4 is 4.72 Å². The summed E-state index contributed by atoms with van der Waals surface area (Å²) in [7, 11) is -1.81. The summed E-state index contributed by atoms with van der Waals surface area (Å²) in [6, 6.07) is 3.78. The van der Waals surface area contributed by atoms with Crippen molar-refractivity contribution in [1.82, 2.24) is 14.3 Å². The minimum atomic E-state index is -3.60. The van der Waals surface area contributed by atoms with Gasteiger partial charge in [-0.15, -0.1) is 11.3 Å². The number of nitrogens with zero attached hydrogens (tertiary/aromatic N) is 2. The Labute approximate surface area is 141 Å². The number of thiophene rings is 1. The maximum atomic E-state index is 12.3. The Balaban J connectivity index is 1.99. The van der Waals surface area contributed by atoms with Crippen LogP contribution in [-0.4, -0.2) is 29.6 Å². The van der Waals surface area contributed by atoms with Gasteiger partial charge in [0.1, 0.15) is 5.82 Å². The molecule has 8 heteroatoms. The lowest BCUT2D eigenvalue weighted by Crippen LogP contribution is -2.26.